The van der Waals surface area contributed by atoms with Crippen LogP contribution in [-0.4, -0.2) is 10.9 Å². The van der Waals surface area contributed by atoms with Gasteiger partial charge in [0.25, 0.3) is 5.91 Å². The molecule has 0 saturated carbocycles. The first-order valence-electron chi connectivity index (χ1n) is 8.32. The number of aromatic nitrogens is 1. The Bertz CT molecular complexity index is 833. The molecule has 0 unspecified atom stereocenters. The Kier molecular flexibility index (Phi) is 6.72. The van der Waals surface area contributed by atoms with Crippen LogP contribution in [0.4, 0.5) is 0 Å². The molecule has 3 aromatic rings. The molecule has 0 fully saturated rings. The van der Waals surface area contributed by atoms with Crippen molar-refractivity contribution in [3.8, 4) is 0 Å². The highest BCUT2D eigenvalue weighted by molar-refractivity contribution is 7.98. The average molecular weight is 403 g/mol. The normalized spacial score (nSPS) is 11.9. The van der Waals surface area contributed by atoms with E-state index in [0.717, 1.165) is 28.3 Å². The minimum absolute atomic E-state index is 0.0292. The van der Waals surface area contributed by atoms with Gasteiger partial charge in [-0.3, -0.25) is 4.79 Å². The van der Waals surface area contributed by atoms with Gasteiger partial charge in [0.2, 0.25) is 0 Å². The fraction of sp³-hybridized carbons (Fsp3) is 0.200. The highest BCUT2D eigenvalue weighted by Gasteiger charge is 2.14. The fourth-order valence-corrected chi connectivity index (χ4v) is 4.12. The van der Waals surface area contributed by atoms with Crippen LogP contribution in [0.15, 0.2) is 64.3 Å². The van der Waals surface area contributed by atoms with Crippen LogP contribution >= 0.6 is 34.7 Å². The van der Waals surface area contributed by atoms with Crippen LogP contribution < -0.4 is 5.32 Å². The first kappa shape index (κ1) is 19.0. The fourth-order valence-electron chi connectivity index (χ4n) is 2.53. The Morgan fingerprint density at radius 2 is 1.92 bits per heavy atom. The number of thiazole rings is 1. The number of benzene rings is 2. The molecule has 2 aromatic carbocycles. The van der Waals surface area contributed by atoms with E-state index < -0.39 is 0 Å². The Balaban J connectivity index is 1.60. The van der Waals surface area contributed by atoms with E-state index in [0.29, 0.717) is 10.6 Å². The molecule has 134 valence electrons. The molecule has 0 radical (unpaired) electrons. The number of hydrogen-bond acceptors (Lipinski definition) is 4. The molecule has 0 spiro atoms. The zero-order valence-electron chi connectivity index (χ0n) is 14.3. The molecule has 3 nitrogen and oxygen atoms in total. The average Bonchev–Trinajstić information content (AvgIpc) is 3.19. The van der Waals surface area contributed by atoms with Crippen LogP contribution in [-0.2, 0) is 5.75 Å². The van der Waals surface area contributed by atoms with Crippen LogP contribution in [0.25, 0.3) is 0 Å². The first-order chi connectivity index (χ1) is 12.7. The van der Waals surface area contributed by atoms with Gasteiger partial charge in [-0.1, -0.05) is 30.7 Å². The molecule has 1 heterocycles. The Labute approximate surface area is 166 Å². The van der Waals surface area contributed by atoms with Crippen molar-refractivity contribution < 1.29 is 4.79 Å². The molecule has 1 N–H and O–H groups in total. The Morgan fingerprint density at radius 3 is 2.54 bits per heavy atom. The first-order valence-corrected chi connectivity index (χ1v) is 10.6. The second-order valence-electron chi connectivity index (χ2n) is 5.78. The quantitative estimate of drug-likeness (QED) is 0.495. The third-order valence-corrected chi connectivity index (χ3v) is 5.91. The van der Waals surface area contributed by atoms with Gasteiger partial charge in [-0.15, -0.1) is 23.1 Å². The van der Waals surface area contributed by atoms with Gasteiger partial charge in [-0.25, -0.2) is 4.98 Å². The zero-order valence-corrected chi connectivity index (χ0v) is 16.7. The summed E-state index contributed by atoms with van der Waals surface area (Å²) in [6.07, 6.45) is 0.814. The second-order valence-corrected chi connectivity index (χ2v) is 7.98. The topological polar surface area (TPSA) is 42.0 Å². The summed E-state index contributed by atoms with van der Waals surface area (Å²) < 4.78 is 0. The van der Waals surface area contributed by atoms with Crippen LogP contribution in [0.2, 0.25) is 5.02 Å². The predicted octanol–water partition coefficient (Wildman–Crippen LogP) is 5.97. The summed E-state index contributed by atoms with van der Waals surface area (Å²) in [5, 5.41) is 5.84. The maximum Gasteiger partial charge on any atom is 0.251 e. The second kappa shape index (κ2) is 9.21. The molecule has 3 rings (SSSR count). The largest absolute Gasteiger partial charge is 0.345 e. The lowest BCUT2D eigenvalue weighted by Crippen LogP contribution is -2.28. The van der Waals surface area contributed by atoms with E-state index in [2.05, 4.69) is 22.6 Å². The van der Waals surface area contributed by atoms with Gasteiger partial charge in [-0.05, 0) is 48.4 Å². The van der Waals surface area contributed by atoms with Gasteiger partial charge in [0, 0.05) is 26.6 Å². The minimum atomic E-state index is -0.0668. The molecule has 1 atom stereocenters. The zero-order chi connectivity index (χ0) is 18.4. The van der Waals surface area contributed by atoms with E-state index in [1.165, 1.54) is 0 Å². The highest BCUT2D eigenvalue weighted by atomic mass is 35.5. The summed E-state index contributed by atoms with van der Waals surface area (Å²) in [6.45, 7) is 2.05. The van der Waals surface area contributed by atoms with E-state index in [9.17, 15) is 4.79 Å². The highest BCUT2D eigenvalue weighted by Crippen LogP contribution is 2.24. The standard InChI is InChI=1S/C20H19ClN2OS2/c1-2-19(14-3-7-16(21)8-4-14)23-20(24)15-5-9-18(10-6-15)26-12-17-11-25-13-22-17/h3-11,13,19H,2,12H2,1H3,(H,23,24)/t19-/m1/s1. The monoisotopic (exact) mass is 402 g/mol. The van der Waals surface area contributed by atoms with Crippen molar-refractivity contribution >= 4 is 40.6 Å². The van der Waals surface area contributed by atoms with Crippen molar-refractivity contribution in [1.82, 2.24) is 10.3 Å². The molecule has 0 aliphatic heterocycles. The third-order valence-electron chi connectivity index (χ3n) is 3.97. The summed E-state index contributed by atoms with van der Waals surface area (Å²) in [4.78, 5) is 18.0. The van der Waals surface area contributed by atoms with Crippen molar-refractivity contribution in [2.75, 3.05) is 0 Å². The van der Waals surface area contributed by atoms with E-state index in [1.807, 2.05) is 54.0 Å². The van der Waals surface area contributed by atoms with E-state index in [4.69, 9.17) is 11.6 Å². The number of carbonyl (C=O) groups is 1. The molecule has 0 aliphatic rings. The summed E-state index contributed by atoms with van der Waals surface area (Å²) in [7, 11) is 0. The molecule has 0 aliphatic carbocycles. The van der Waals surface area contributed by atoms with Gasteiger partial charge in [-0.2, -0.15) is 0 Å². The summed E-state index contributed by atoms with van der Waals surface area (Å²) >= 11 is 9.26. The molecule has 1 amide bonds. The predicted molar refractivity (Wildman–Crippen MR) is 110 cm³/mol. The van der Waals surface area contributed by atoms with Crippen LogP contribution in [0.1, 0.15) is 41.0 Å². The van der Waals surface area contributed by atoms with E-state index in [1.54, 1.807) is 23.1 Å². The Morgan fingerprint density at radius 1 is 1.19 bits per heavy atom. The van der Waals surface area contributed by atoms with Crippen molar-refractivity contribution in [3.63, 3.8) is 0 Å². The van der Waals surface area contributed by atoms with Gasteiger partial charge in [0.1, 0.15) is 0 Å². The van der Waals surface area contributed by atoms with E-state index in [-0.39, 0.29) is 11.9 Å². The van der Waals surface area contributed by atoms with Crippen molar-refractivity contribution in [2.45, 2.75) is 30.0 Å². The lowest BCUT2D eigenvalue weighted by Gasteiger charge is -2.17. The number of halogens is 1. The lowest BCUT2D eigenvalue weighted by atomic mass is 10.0. The van der Waals surface area contributed by atoms with Gasteiger partial charge >= 0.3 is 0 Å². The van der Waals surface area contributed by atoms with Crippen LogP contribution in [0, 0.1) is 0 Å². The van der Waals surface area contributed by atoms with Gasteiger partial charge in [0.15, 0.2) is 0 Å². The maximum absolute atomic E-state index is 12.6. The number of thioether (sulfide) groups is 1. The molecule has 6 heteroatoms. The number of nitrogens with zero attached hydrogens (tertiary/aromatic N) is 1. The van der Waals surface area contributed by atoms with Gasteiger partial charge in [0.05, 0.1) is 17.2 Å². The van der Waals surface area contributed by atoms with Crippen molar-refractivity contribution in [1.29, 1.82) is 0 Å². The molecule has 0 bridgehead atoms. The smallest absolute Gasteiger partial charge is 0.251 e. The molecule has 0 saturated heterocycles. The minimum Gasteiger partial charge on any atom is -0.345 e. The number of nitrogens with one attached hydrogen (secondary N) is 1. The molecular formula is C20H19ClN2OS2. The van der Waals surface area contributed by atoms with Crippen molar-refractivity contribution in [2.24, 2.45) is 0 Å². The number of amides is 1. The van der Waals surface area contributed by atoms with Crippen molar-refractivity contribution in [3.05, 3.63) is 81.3 Å². The molecule has 26 heavy (non-hydrogen) atoms. The SMILES string of the molecule is CC[C@@H](NC(=O)c1ccc(SCc2cscn2)cc1)c1ccc(Cl)cc1. The molecular weight excluding hydrogens is 384 g/mol. The Hall–Kier alpha value is -1.82. The number of carbonyl (C=O) groups excluding carboxylic acids is 1. The lowest BCUT2D eigenvalue weighted by molar-refractivity contribution is 0.0935. The third kappa shape index (κ3) is 5.10. The molecule has 1 aromatic heterocycles. The summed E-state index contributed by atoms with van der Waals surface area (Å²) in [5.74, 6) is 0.770. The summed E-state index contributed by atoms with van der Waals surface area (Å²) in [5.41, 5.74) is 4.64. The number of rotatable bonds is 7. The number of hydrogen-bond donors (Lipinski definition) is 1. The maximum atomic E-state index is 12.6. The van der Waals surface area contributed by atoms with Crippen LogP contribution in [0.5, 0.6) is 0 Å². The summed E-state index contributed by atoms with van der Waals surface area (Å²) in [6, 6.07) is 15.3. The van der Waals surface area contributed by atoms with E-state index >= 15 is 0 Å². The van der Waals surface area contributed by atoms with Gasteiger partial charge < -0.3 is 5.32 Å². The van der Waals surface area contributed by atoms with Crippen LogP contribution in [0.3, 0.4) is 0 Å².